The molecule has 9 nitrogen and oxygen atoms in total. The van der Waals surface area contributed by atoms with Gasteiger partial charge in [0.05, 0.1) is 19.8 Å². The Morgan fingerprint density at radius 2 is 0.906 bits per heavy atom. The van der Waals surface area contributed by atoms with Crippen LogP contribution in [0.2, 0.25) is 0 Å². The molecule has 1 rings (SSSR count). The molecule has 0 aromatic carbocycles. The standard InChI is InChI=1S/C55H102O9/c1-3-5-7-9-11-13-15-17-19-21-23-25-26-28-30-32-34-36-38-40-42-44-51(57)63-49(48-62-55-54(60)53(59)52(58)50(46-56)64-55)47-61-45-43-41-39-37-35-33-31-29-27-24-22-20-18-16-14-12-10-8-6-4-2/h15,17,21,23,26,28,49-50,52-56,58-60H,3-14,16,18-20,22,24-25,27,29-48H2,1-2H3/b17-15-,23-21-,28-26-. The Bertz CT molecular complexity index is 1080. The Hall–Kier alpha value is -1.59. The van der Waals surface area contributed by atoms with Crippen LogP contribution in [-0.4, -0.2) is 89.6 Å². The van der Waals surface area contributed by atoms with Gasteiger partial charge in [0.2, 0.25) is 0 Å². The molecule has 9 heteroatoms. The van der Waals surface area contributed by atoms with Crippen molar-refractivity contribution in [3.05, 3.63) is 36.5 Å². The second-order valence-corrected chi connectivity index (χ2v) is 18.7. The van der Waals surface area contributed by atoms with Gasteiger partial charge in [0.15, 0.2) is 6.29 Å². The molecular formula is C55H102O9. The van der Waals surface area contributed by atoms with Crippen molar-refractivity contribution in [2.24, 2.45) is 0 Å². The van der Waals surface area contributed by atoms with Crippen molar-refractivity contribution in [1.82, 2.24) is 0 Å². The van der Waals surface area contributed by atoms with Crippen LogP contribution in [0.4, 0.5) is 0 Å². The molecule has 0 spiro atoms. The Morgan fingerprint density at radius 1 is 0.500 bits per heavy atom. The molecule has 6 atom stereocenters. The maximum atomic E-state index is 12.9. The SMILES string of the molecule is CCCCCCC/C=C\C/C=C\C/C=C\CCCCCCCCC(=O)OC(COCCCCCCCCCCCCCCCCCCCCCC)COC1OC(CO)C(O)C(O)C1O. The Balaban J connectivity index is 2.19. The fraction of sp³-hybridized carbons (Fsp3) is 0.873. The summed E-state index contributed by atoms with van der Waals surface area (Å²) in [4.78, 5) is 12.9. The monoisotopic (exact) mass is 907 g/mol. The molecule has 1 aliphatic rings. The topological polar surface area (TPSA) is 135 Å². The highest BCUT2D eigenvalue weighted by Crippen LogP contribution is 2.23. The van der Waals surface area contributed by atoms with Crippen LogP contribution in [0.5, 0.6) is 0 Å². The lowest BCUT2D eigenvalue weighted by Crippen LogP contribution is -2.59. The number of rotatable bonds is 47. The van der Waals surface area contributed by atoms with Gasteiger partial charge in [0.25, 0.3) is 0 Å². The van der Waals surface area contributed by atoms with E-state index < -0.39 is 43.4 Å². The van der Waals surface area contributed by atoms with Crippen molar-refractivity contribution in [2.45, 2.75) is 282 Å². The highest BCUT2D eigenvalue weighted by molar-refractivity contribution is 5.69. The number of hydrogen-bond donors (Lipinski definition) is 4. The molecular weight excluding hydrogens is 805 g/mol. The van der Waals surface area contributed by atoms with E-state index >= 15 is 0 Å². The molecule has 64 heavy (non-hydrogen) atoms. The van der Waals surface area contributed by atoms with Gasteiger partial charge in [-0.2, -0.15) is 0 Å². The molecule has 4 N–H and O–H groups in total. The third kappa shape index (κ3) is 36.5. The summed E-state index contributed by atoms with van der Waals surface area (Å²) in [5.74, 6) is -0.321. The molecule has 0 aliphatic carbocycles. The number of allylic oxidation sites excluding steroid dienone is 6. The van der Waals surface area contributed by atoms with Crippen molar-refractivity contribution in [3.8, 4) is 0 Å². The third-order valence-corrected chi connectivity index (χ3v) is 12.6. The molecule has 0 radical (unpaired) electrons. The number of carbonyl (C=O) groups excluding carboxylic acids is 1. The van der Waals surface area contributed by atoms with Gasteiger partial charge < -0.3 is 39.4 Å². The predicted octanol–water partition coefficient (Wildman–Crippen LogP) is 13.5. The minimum absolute atomic E-state index is 0.116. The summed E-state index contributed by atoms with van der Waals surface area (Å²) in [6.07, 6.45) is 50.4. The van der Waals surface area contributed by atoms with Crippen LogP contribution in [-0.2, 0) is 23.7 Å². The molecule has 0 aromatic heterocycles. The minimum atomic E-state index is -1.54. The van der Waals surface area contributed by atoms with Gasteiger partial charge in [-0.1, -0.05) is 224 Å². The van der Waals surface area contributed by atoms with Gasteiger partial charge in [-0.05, 0) is 51.4 Å². The van der Waals surface area contributed by atoms with Crippen molar-refractivity contribution in [1.29, 1.82) is 0 Å². The summed E-state index contributed by atoms with van der Waals surface area (Å²) in [7, 11) is 0. The highest BCUT2D eigenvalue weighted by atomic mass is 16.7. The Labute approximate surface area is 393 Å². The van der Waals surface area contributed by atoms with Gasteiger partial charge in [-0.15, -0.1) is 0 Å². The van der Waals surface area contributed by atoms with E-state index in [4.69, 9.17) is 18.9 Å². The number of aliphatic hydroxyl groups is 4. The third-order valence-electron chi connectivity index (χ3n) is 12.6. The van der Waals surface area contributed by atoms with Crippen LogP contribution in [0.3, 0.4) is 0 Å². The highest BCUT2D eigenvalue weighted by Gasteiger charge is 2.44. The molecule has 1 aliphatic heterocycles. The molecule has 6 unspecified atom stereocenters. The minimum Gasteiger partial charge on any atom is -0.457 e. The number of carbonyl (C=O) groups is 1. The van der Waals surface area contributed by atoms with Gasteiger partial charge in [0.1, 0.15) is 30.5 Å². The first-order valence-corrected chi connectivity index (χ1v) is 27.1. The lowest BCUT2D eigenvalue weighted by molar-refractivity contribution is -0.305. The summed E-state index contributed by atoms with van der Waals surface area (Å²) >= 11 is 0. The number of aliphatic hydroxyl groups excluding tert-OH is 4. The number of esters is 1. The smallest absolute Gasteiger partial charge is 0.306 e. The summed E-state index contributed by atoms with van der Waals surface area (Å²) in [6, 6.07) is 0. The first-order valence-electron chi connectivity index (χ1n) is 27.1. The zero-order valence-electron chi connectivity index (χ0n) is 41.5. The lowest BCUT2D eigenvalue weighted by Gasteiger charge is -2.39. The van der Waals surface area contributed by atoms with Crippen molar-refractivity contribution < 1.29 is 44.2 Å². The summed E-state index contributed by atoms with van der Waals surface area (Å²) in [6.45, 7) is 4.58. The van der Waals surface area contributed by atoms with Gasteiger partial charge in [0, 0.05) is 13.0 Å². The lowest BCUT2D eigenvalue weighted by atomic mass is 9.99. The van der Waals surface area contributed by atoms with E-state index in [2.05, 4.69) is 50.3 Å². The number of unbranched alkanes of at least 4 members (excludes halogenated alkanes) is 30. The molecule has 1 heterocycles. The fourth-order valence-electron chi connectivity index (χ4n) is 8.32. The fourth-order valence-corrected chi connectivity index (χ4v) is 8.32. The van der Waals surface area contributed by atoms with E-state index in [0.29, 0.717) is 13.0 Å². The van der Waals surface area contributed by atoms with Crippen LogP contribution in [0.15, 0.2) is 36.5 Å². The molecule has 0 bridgehead atoms. The van der Waals surface area contributed by atoms with Gasteiger partial charge in [-0.3, -0.25) is 4.79 Å². The quantitative estimate of drug-likeness (QED) is 0.0267. The molecule has 0 amide bonds. The van der Waals surface area contributed by atoms with E-state index in [1.807, 2.05) is 0 Å². The number of hydrogen-bond acceptors (Lipinski definition) is 9. The molecule has 0 aromatic rings. The zero-order valence-corrected chi connectivity index (χ0v) is 41.5. The van der Waals surface area contributed by atoms with E-state index in [-0.39, 0.29) is 19.2 Å². The molecule has 1 saturated heterocycles. The molecule has 376 valence electrons. The molecule has 0 saturated carbocycles. The van der Waals surface area contributed by atoms with E-state index in [1.54, 1.807) is 0 Å². The Morgan fingerprint density at radius 3 is 1.36 bits per heavy atom. The predicted molar refractivity (Wildman–Crippen MR) is 265 cm³/mol. The summed E-state index contributed by atoms with van der Waals surface area (Å²) < 4.78 is 22.9. The van der Waals surface area contributed by atoms with Crippen LogP contribution >= 0.6 is 0 Å². The molecule has 1 fully saturated rings. The summed E-state index contributed by atoms with van der Waals surface area (Å²) in [5.41, 5.74) is 0. The largest absolute Gasteiger partial charge is 0.457 e. The Kier molecular flexibility index (Phi) is 43.9. The second-order valence-electron chi connectivity index (χ2n) is 18.7. The van der Waals surface area contributed by atoms with Crippen LogP contribution in [0, 0.1) is 0 Å². The first-order chi connectivity index (χ1) is 31.4. The van der Waals surface area contributed by atoms with Crippen molar-refractivity contribution >= 4 is 5.97 Å². The maximum absolute atomic E-state index is 12.9. The van der Waals surface area contributed by atoms with Crippen LogP contribution in [0.1, 0.15) is 245 Å². The number of ether oxygens (including phenoxy) is 4. The van der Waals surface area contributed by atoms with Crippen molar-refractivity contribution in [3.63, 3.8) is 0 Å². The van der Waals surface area contributed by atoms with E-state index in [1.165, 1.54) is 167 Å². The normalized spacial score (nSPS) is 19.8. The average molecular weight is 907 g/mol. The summed E-state index contributed by atoms with van der Waals surface area (Å²) in [5, 5.41) is 40.3. The van der Waals surface area contributed by atoms with Crippen LogP contribution in [0.25, 0.3) is 0 Å². The van der Waals surface area contributed by atoms with Gasteiger partial charge in [-0.25, -0.2) is 0 Å². The first kappa shape index (κ1) is 60.4. The van der Waals surface area contributed by atoms with Crippen molar-refractivity contribution in [2.75, 3.05) is 26.4 Å². The maximum Gasteiger partial charge on any atom is 0.306 e. The second kappa shape index (κ2) is 46.5. The van der Waals surface area contributed by atoms with Crippen LogP contribution < -0.4 is 0 Å². The average Bonchev–Trinajstić information content (AvgIpc) is 3.30. The van der Waals surface area contributed by atoms with E-state index in [0.717, 1.165) is 57.8 Å². The van der Waals surface area contributed by atoms with E-state index in [9.17, 15) is 25.2 Å². The zero-order chi connectivity index (χ0) is 46.4. The van der Waals surface area contributed by atoms with Gasteiger partial charge >= 0.3 is 5.97 Å².